The zero-order chi connectivity index (χ0) is 17.6. The number of carbonyl (C=O) groups is 2. The largest absolute Gasteiger partial charge is 0.481 e. The van der Waals surface area contributed by atoms with Gasteiger partial charge in [0.2, 0.25) is 0 Å². The molecule has 0 bridgehead atoms. The molecule has 0 saturated heterocycles. The predicted molar refractivity (Wildman–Crippen MR) is 92.3 cm³/mol. The van der Waals surface area contributed by atoms with E-state index in [1.54, 1.807) is 0 Å². The van der Waals surface area contributed by atoms with Crippen LogP contribution >= 0.6 is 0 Å². The standard InChI is InChI=1S/C20H28O4/c1-15(2)12-20(13-18(21)22,17-10-6-7-11-17)19(23)24-14-16-8-4-3-5-9-16/h3-5,8-9,15,17H,6-7,10-14H2,1-2H3,(H,21,22)/t20-/m0/s1. The average molecular weight is 332 g/mol. The second-order valence-corrected chi connectivity index (χ2v) is 7.37. The second kappa shape index (κ2) is 8.32. The van der Waals surface area contributed by atoms with E-state index in [9.17, 15) is 14.7 Å². The highest BCUT2D eigenvalue weighted by atomic mass is 16.5. The molecule has 0 unspecified atom stereocenters. The number of rotatable bonds is 8. The van der Waals surface area contributed by atoms with Crippen LogP contribution in [0.15, 0.2) is 30.3 Å². The molecule has 0 aromatic heterocycles. The fourth-order valence-corrected chi connectivity index (χ4v) is 4.05. The summed E-state index contributed by atoms with van der Waals surface area (Å²) >= 11 is 0. The summed E-state index contributed by atoms with van der Waals surface area (Å²) in [5, 5.41) is 9.45. The van der Waals surface area contributed by atoms with E-state index in [1.165, 1.54) is 0 Å². The Morgan fingerprint density at radius 3 is 2.38 bits per heavy atom. The maximum absolute atomic E-state index is 13.0. The van der Waals surface area contributed by atoms with Gasteiger partial charge in [-0.25, -0.2) is 0 Å². The Morgan fingerprint density at radius 1 is 1.21 bits per heavy atom. The predicted octanol–water partition coefficient (Wildman–Crippen LogP) is 4.43. The lowest BCUT2D eigenvalue weighted by Crippen LogP contribution is -2.42. The first kappa shape index (κ1) is 18.5. The van der Waals surface area contributed by atoms with Gasteiger partial charge >= 0.3 is 11.9 Å². The molecular weight excluding hydrogens is 304 g/mol. The first-order valence-corrected chi connectivity index (χ1v) is 8.87. The molecule has 1 aliphatic carbocycles. The van der Waals surface area contributed by atoms with Gasteiger partial charge in [-0.05, 0) is 36.7 Å². The Morgan fingerprint density at radius 2 is 1.83 bits per heavy atom. The van der Waals surface area contributed by atoms with Crippen molar-refractivity contribution in [2.24, 2.45) is 17.3 Å². The Kier molecular flexibility index (Phi) is 6.41. The maximum atomic E-state index is 13.0. The summed E-state index contributed by atoms with van der Waals surface area (Å²) in [6, 6.07) is 9.53. The maximum Gasteiger partial charge on any atom is 0.313 e. The summed E-state index contributed by atoms with van der Waals surface area (Å²) in [5.74, 6) is -0.901. The number of ether oxygens (including phenoxy) is 1. The van der Waals surface area contributed by atoms with Crippen LogP contribution in [0.3, 0.4) is 0 Å². The van der Waals surface area contributed by atoms with Gasteiger partial charge in [0.15, 0.2) is 0 Å². The summed E-state index contributed by atoms with van der Waals surface area (Å²) in [6.07, 6.45) is 4.40. The number of carboxylic acid groups (broad SMARTS) is 1. The van der Waals surface area contributed by atoms with Crippen LogP contribution < -0.4 is 0 Å². The summed E-state index contributed by atoms with van der Waals surface area (Å²) < 4.78 is 5.61. The van der Waals surface area contributed by atoms with Gasteiger partial charge in [0.1, 0.15) is 6.61 Å². The Bertz CT molecular complexity index is 546. The topological polar surface area (TPSA) is 63.6 Å². The fourth-order valence-electron chi connectivity index (χ4n) is 4.05. The molecule has 0 heterocycles. The quantitative estimate of drug-likeness (QED) is 0.715. The molecule has 0 amide bonds. The lowest BCUT2D eigenvalue weighted by atomic mass is 9.67. The highest BCUT2D eigenvalue weighted by molar-refractivity contribution is 5.83. The molecule has 0 aliphatic heterocycles. The number of carbonyl (C=O) groups excluding carboxylic acids is 1. The normalized spacial score (nSPS) is 17.6. The van der Waals surface area contributed by atoms with E-state index < -0.39 is 11.4 Å². The summed E-state index contributed by atoms with van der Waals surface area (Å²) in [4.78, 5) is 24.5. The molecule has 1 aromatic carbocycles. The van der Waals surface area contributed by atoms with Crippen molar-refractivity contribution in [2.45, 2.75) is 59.0 Å². The molecule has 0 radical (unpaired) electrons. The SMILES string of the molecule is CC(C)C[C@@](CC(=O)O)(C(=O)OCc1ccccc1)C1CCCC1. The van der Waals surface area contributed by atoms with E-state index in [-0.39, 0.29) is 30.8 Å². The van der Waals surface area contributed by atoms with Crippen molar-refractivity contribution in [3.05, 3.63) is 35.9 Å². The van der Waals surface area contributed by atoms with Crippen LogP contribution in [0.4, 0.5) is 0 Å². The third-order valence-corrected chi connectivity index (χ3v) is 5.00. The van der Waals surface area contributed by atoms with Crippen LogP contribution in [-0.2, 0) is 20.9 Å². The van der Waals surface area contributed by atoms with E-state index in [1.807, 2.05) is 44.2 Å². The van der Waals surface area contributed by atoms with Crippen molar-refractivity contribution < 1.29 is 19.4 Å². The zero-order valence-electron chi connectivity index (χ0n) is 14.7. The number of aliphatic carboxylic acids is 1. The number of carboxylic acids is 1. The third kappa shape index (κ3) is 4.59. The number of hydrogen-bond donors (Lipinski definition) is 1. The molecule has 132 valence electrons. The molecule has 1 aliphatic rings. The van der Waals surface area contributed by atoms with Gasteiger partial charge in [-0.1, -0.05) is 57.0 Å². The third-order valence-electron chi connectivity index (χ3n) is 5.00. The molecule has 4 nitrogen and oxygen atoms in total. The minimum Gasteiger partial charge on any atom is -0.481 e. The van der Waals surface area contributed by atoms with Gasteiger partial charge in [-0.2, -0.15) is 0 Å². The van der Waals surface area contributed by atoms with E-state index >= 15 is 0 Å². The van der Waals surface area contributed by atoms with Crippen molar-refractivity contribution in [3.8, 4) is 0 Å². The highest BCUT2D eigenvalue weighted by Gasteiger charge is 2.49. The Hall–Kier alpha value is -1.84. The van der Waals surface area contributed by atoms with Crippen LogP contribution in [0, 0.1) is 17.3 Å². The molecule has 1 aromatic rings. The monoisotopic (exact) mass is 332 g/mol. The Labute approximate surface area is 144 Å². The molecule has 1 fully saturated rings. The zero-order valence-corrected chi connectivity index (χ0v) is 14.7. The van der Waals surface area contributed by atoms with Crippen molar-refractivity contribution in [2.75, 3.05) is 0 Å². The fraction of sp³-hybridized carbons (Fsp3) is 0.600. The van der Waals surface area contributed by atoms with Gasteiger partial charge in [0, 0.05) is 0 Å². The number of hydrogen-bond acceptors (Lipinski definition) is 3. The summed E-state index contributed by atoms with van der Waals surface area (Å²) in [6.45, 7) is 4.28. The van der Waals surface area contributed by atoms with Gasteiger partial charge in [-0.3, -0.25) is 9.59 Å². The van der Waals surface area contributed by atoms with Crippen molar-refractivity contribution >= 4 is 11.9 Å². The minimum atomic E-state index is -0.917. The molecule has 1 N–H and O–H groups in total. The van der Waals surface area contributed by atoms with Crippen LogP contribution in [-0.4, -0.2) is 17.0 Å². The lowest BCUT2D eigenvalue weighted by Gasteiger charge is -2.37. The van der Waals surface area contributed by atoms with E-state index in [0.717, 1.165) is 31.2 Å². The molecule has 1 atom stereocenters. The van der Waals surface area contributed by atoms with Gasteiger partial charge < -0.3 is 9.84 Å². The summed E-state index contributed by atoms with van der Waals surface area (Å²) in [5.41, 5.74) is 0.0247. The van der Waals surface area contributed by atoms with E-state index in [0.29, 0.717) is 6.42 Å². The van der Waals surface area contributed by atoms with Crippen LogP contribution in [0.1, 0.15) is 57.9 Å². The smallest absolute Gasteiger partial charge is 0.313 e. The van der Waals surface area contributed by atoms with Crippen LogP contribution in [0.2, 0.25) is 0 Å². The molecule has 1 saturated carbocycles. The summed E-state index contributed by atoms with van der Waals surface area (Å²) in [7, 11) is 0. The van der Waals surface area contributed by atoms with Gasteiger partial charge in [-0.15, -0.1) is 0 Å². The molecule has 2 rings (SSSR count). The van der Waals surface area contributed by atoms with Crippen molar-refractivity contribution in [1.29, 1.82) is 0 Å². The minimum absolute atomic E-state index is 0.110. The van der Waals surface area contributed by atoms with Gasteiger partial charge in [0.05, 0.1) is 11.8 Å². The number of esters is 1. The first-order chi connectivity index (χ1) is 11.4. The highest BCUT2D eigenvalue weighted by Crippen LogP contribution is 2.47. The second-order valence-electron chi connectivity index (χ2n) is 7.37. The molecule has 0 spiro atoms. The molecule has 4 heteroatoms. The van der Waals surface area contributed by atoms with Crippen LogP contribution in [0.25, 0.3) is 0 Å². The number of benzene rings is 1. The van der Waals surface area contributed by atoms with Crippen LogP contribution in [0.5, 0.6) is 0 Å². The average Bonchev–Trinajstić information content (AvgIpc) is 3.06. The van der Waals surface area contributed by atoms with Gasteiger partial charge in [0.25, 0.3) is 0 Å². The van der Waals surface area contributed by atoms with E-state index in [2.05, 4.69) is 0 Å². The molecule has 24 heavy (non-hydrogen) atoms. The first-order valence-electron chi connectivity index (χ1n) is 8.87. The van der Waals surface area contributed by atoms with Crippen molar-refractivity contribution in [1.82, 2.24) is 0 Å². The van der Waals surface area contributed by atoms with E-state index in [4.69, 9.17) is 4.74 Å². The molecular formula is C20H28O4. The van der Waals surface area contributed by atoms with Crippen molar-refractivity contribution in [3.63, 3.8) is 0 Å². The Balaban J connectivity index is 2.21. The lowest BCUT2D eigenvalue weighted by molar-refractivity contribution is -0.168.